The number of nitrogens with two attached hydrogens (primary N) is 1. The molecule has 2 N–H and O–H groups in total. The summed E-state index contributed by atoms with van der Waals surface area (Å²) in [6, 6.07) is 8.35. The molecule has 1 saturated carbocycles. The minimum absolute atomic E-state index is 0.391. The van der Waals surface area contributed by atoms with Gasteiger partial charge in [-0.05, 0) is 25.3 Å². The van der Waals surface area contributed by atoms with Crippen LogP contribution in [-0.2, 0) is 12.0 Å². The third-order valence-corrected chi connectivity index (χ3v) is 3.83. The average Bonchev–Trinajstić information content (AvgIpc) is 2.99. The lowest BCUT2D eigenvalue weighted by Gasteiger charge is -2.17. The van der Waals surface area contributed by atoms with Crippen LogP contribution in [0.2, 0.25) is 0 Å². The minimum Gasteiger partial charge on any atom is -0.337 e. The van der Waals surface area contributed by atoms with Crippen molar-refractivity contribution < 1.29 is 4.52 Å². The molecule has 1 aliphatic rings. The van der Waals surface area contributed by atoms with Gasteiger partial charge in [0.2, 0.25) is 5.89 Å². The molecule has 0 aliphatic heterocycles. The zero-order chi connectivity index (χ0) is 13.3. The van der Waals surface area contributed by atoms with Crippen molar-refractivity contribution in [1.82, 2.24) is 10.1 Å². The predicted octanol–water partition coefficient (Wildman–Crippen LogP) is 2.70. The van der Waals surface area contributed by atoms with Gasteiger partial charge in [-0.25, -0.2) is 0 Å². The third-order valence-electron chi connectivity index (χ3n) is 3.83. The molecule has 3 rings (SSSR count). The number of aryl methyl sites for hydroxylation is 1. The highest BCUT2D eigenvalue weighted by Crippen LogP contribution is 2.35. The Kier molecular flexibility index (Phi) is 3.11. The molecule has 1 aliphatic carbocycles. The van der Waals surface area contributed by atoms with Crippen molar-refractivity contribution >= 4 is 0 Å². The SMILES string of the molecule is Cc1cccc(Cc2noc(C3(N)CCCC3)n2)c1. The normalized spacial score (nSPS) is 17.8. The van der Waals surface area contributed by atoms with E-state index in [1.165, 1.54) is 11.1 Å². The molecule has 0 spiro atoms. The van der Waals surface area contributed by atoms with E-state index < -0.39 is 5.54 Å². The highest BCUT2D eigenvalue weighted by Gasteiger charge is 2.36. The monoisotopic (exact) mass is 257 g/mol. The van der Waals surface area contributed by atoms with E-state index in [2.05, 4.69) is 35.3 Å². The number of benzene rings is 1. The van der Waals surface area contributed by atoms with E-state index in [0.29, 0.717) is 12.3 Å². The summed E-state index contributed by atoms with van der Waals surface area (Å²) >= 11 is 0. The lowest BCUT2D eigenvalue weighted by Crippen LogP contribution is -2.33. The number of nitrogens with zero attached hydrogens (tertiary/aromatic N) is 2. The van der Waals surface area contributed by atoms with Crippen LogP contribution < -0.4 is 5.73 Å². The number of hydrogen-bond acceptors (Lipinski definition) is 4. The molecule has 19 heavy (non-hydrogen) atoms. The molecule has 0 amide bonds. The maximum absolute atomic E-state index is 6.31. The fourth-order valence-electron chi connectivity index (χ4n) is 2.75. The third kappa shape index (κ3) is 2.54. The summed E-state index contributed by atoms with van der Waals surface area (Å²) < 4.78 is 5.37. The Bertz CT molecular complexity index is 570. The van der Waals surface area contributed by atoms with Gasteiger partial charge >= 0.3 is 0 Å². The lowest BCUT2D eigenvalue weighted by molar-refractivity contribution is 0.284. The number of aromatic nitrogens is 2. The Morgan fingerprint density at radius 1 is 1.32 bits per heavy atom. The van der Waals surface area contributed by atoms with Crippen molar-refractivity contribution in [3.05, 3.63) is 47.1 Å². The molecule has 0 bridgehead atoms. The highest BCUT2D eigenvalue weighted by molar-refractivity contribution is 5.24. The van der Waals surface area contributed by atoms with Gasteiger partial charge < -0.3 is 10.3 Å². The highest BCUT2D eigenvalue weighted by atomic mass is 16.5. The summed E-state index contributed by atoms with van der Waals surface area (Å²) in [5.74, 6) is 1.32. The zero-order valence-corrected chi connectivity index (χ0v) is 11.2. The van der Waals surface area contributed by atoms with Crippen LogP contribution in [0.5, 0.6) is 0 Å². The Labute approximate surface area is 113 Å². The van der Waals surface area contributed by atoms with Crippen molar-refractivity contribution in [2.75, 3.05) is 0 Å². The van der Waals surface area contributed by atoms with Crippen molar-refractivity contribution in [3.8, 4) is 0 Å². The Hall–Kier alpha value is -1.68. The zero-order valence-electron chi connectivity index (χ0n) is 11.2. The van der Waals surface area contributed by atoms with Crippen LogP contribution in [0.3, 0.4) is 0 Å². The second-order valence-electron chi connectivity index (χ2n) is 5.54. The first-order chi connectivity index (χ1) is 9.16. The van der Waals surface area contributed by atoms with Gasteiger partial charge in [0.25, 0.3) is 0 Å². The summed E-state index contributed by atoms with van der Waals surface area (Å²) in [4.78, 5) is 4.49. The molecule has 0 atom stereocenters. The van der Waals surface area contributed by atoms with E-state index >= 15 is 0 Å². The van der Waals surface area contributed by atoms with Gasteiger partial charge in [0, 0.05) is 6.42 Å². The standard InChI is InChI=1S/C15H19N3O/c1-11-5-4-6-12(9-11)10-13-17-14(19-18-13)15(16)7-2-3-8-15/h4-6,9H,2-3,7-8,10,16H2,1H3. The Morgan fingerprint density at radius 3 is 2.84 bits per heavy atom. The molecule has 0 saturated heterocycles. The maximum atomic E-state index is 6.31. The van der Waals surface area contributed by atoms with Gasteiger partial charge in [-0.2, -0.15) is 4.98 Å². The summed E-state index contributed by atoms with van der Waals surface area (Å²) in [5, 5.41) is 4.06. The quantitative estimate of drug-likeness (QED) is 0.918. The molecule has 1 fully saturated rings. The Balaban J connectivity index is 1.78. The smallest absolute Gasteiger partial charge is 0.246 e. The molecular formula is C15H19N3O. The van der Waals surface area contributed by atoms with Crippen molar-refractivity contribution in [1.29, 1.82) is 0 Å². The first-order valence-electron chi connectivity index (χ1n) is 6.83. The number of hydrogen-bond donors (Lipinski definition) is 1. The predicted molar refractivity (Wildman–Crippen MR) is 72.6 cm³/mol. The van der Waals surface area contributed by atoms with Crippen molar-refractivity contribution in [3.63, 3.8) is 0 Å². The minimum atomic E-state index is -0.391. The lowest BCUT2D eigenvalue weighted by atomic mass is 9.99. The van der Waals surface area contributed by atoms with Crippen LogP contribution in [-0.4, -0.2) is 10.1 Å². The molecular weight excluding hydrogens is 238 g/mol. The molecule has 2 aromatic rings. The summed E-state index contributed by atoms with van der Waals surface area (Å²) in [7, 11) is 0. The fraction of sp³-hybridized carbons (Fsp3) is 0.467. The summed E-state index contributed by atoms with van der Waals surface area (Å²) in [5.41, 5.74) is 8.37. The van der Waals surface area contributed by atoms with Gasteiger partial charge in [-0.15, -0.1) is 0 Å². The van der Waals surface area contributed by atoms with E-state index in [0.717, 1.165) is 31.5 Å². The van der Waals surface area contributed by atoms with E-state index in [-0.39, 0.29) is 0 Å². The summed E-state index contributed by atoms with van der Waals surface area (Å²) in [6.07, 6.45) is 4.87. The van der Waals surface area contributed by atoms with Gasteiger partial charge in [0.1, 0.15) is 0 Å². The fourth-order valence-corrected chi connectivity index (χ4v) is 2.75. The van der Waals surface area contributed by atoms with Crippen molar-refractivity contribution in [2.45, 2.75) is 44.6 Å². The van der Waals surface area contributed by atoms with E-state index in [1.54, 1.807) is 0 Å². The topological polar surface area (TPSA) is 64.9 Å². The van der Waals surface area contributed by atoms with E-state index in [4.69, 9.17) is 10.3 Å². The van der Waals surface area contributed by atoms with Crippen molar-refractivity contribution in [2.24, 2.45) is 5.73 Å². The van der Waals surface area contributed by atoms with Gasteiger partial charge in [0.05, 0.1) is 5.54 Å². The molecule has 1 aromatic carbocycles. The van der Waals surface area contributed by atoms with Gasteiger partial charge in [0.15, 0.2) is 5.82 Å². The molecule has 1 aromatic heterocycles. The van der Waals surface area contributed by atoms with Gasteiger partial charge in [-0.1, -0.05) is 47.8 Å². The second kappa shape index (κ2) is 4.78. The molecule has 100 valence electrons. The molecule has 0 radical (unpaired) electrons. The number of rotatable bonds is 3. The Morgan fingerprint density at radius 2 is 2.11 bits per heavy atom. The largest absolute Gasteiger partial charge is 0.337 e. The van der Waals surface area contributed by atoms with E-state index in [9.17, 15) is 0 Å². The van der Waals surface area contributed by atoms with Crippen LogP contribution in [0.1, 0.15) is 48.5 Å². The van der Waals surface area contributed by atoms with Crippen LogP contribution >= 0.6 is 0 Å². The summed E-state index contributed by atoms with van der Waals surface area (Å²) in [6.45, 7) is 2.08. The van der Waals surface area contributed by atoms with Crippen LogP contribution in [0, 0.1) is 6.92 Å². The van der Waals surface area contributed by atoms with Gasteiger partial charge in [-0.3, -0.25) is 0 Å². The van der Waals surface area contributed by atoms with E-state index in [1.807, 2.05) is 6.07 Å². The van der Waals surface area contributed by atoms with Crippen LogP contribution in [0.4, 0.5) is 0 Å². The molecule has 0 unspecified atom stereocenters. The molecule has 1 heterocycles. The first kappa shape index (κ1) is 12.4. The molecule has 4 heteroatoms. The average molecular weight is 257 g/mol. The van der Waals surface area contributed by atoms with Crippen LogP contribution in [0.15, 0.2) is 28.8 Å². The van der Waals surface area contributed by atoms with Crippen LogP contribution in [0.25, 0.3) is 0 Å². The molecule has 4 nitrogen and oxygen atoms in total. The maximum Gasteiger partial charge on any atom is 0.246 e. The second-order valence-corrected chi connectivity index (χ2v) is 5.54. The first-order valence-corrected chi connectivity index (χ1v) is 6.83.